The Balaban J connectivity index is 1.60. The van der Waals surface area contributed by atoms with Crippen LogP contribution in [0.4, 0.5) is 0 Å². The van der Waals surface area contributed by atoms with Crippen LogP contribution in [-0.4, -0.2) is 21.8 Å². The molecule has 0 saturated heterocycles. The molecule has 7 heteroatoms. The van der Waals surface area contributed by atoms with Crippen LogP contribution in [-0.2, 0) is 11.3 Å². The Bertz CT molecular complexity index is 742. The van der Waals surface area contributed by atoms with Gasteiger partial charge in [0, 0.05) is 17.6 Å². The first-order chi connectivity index (χ1) is 11.3. The first kappa shape index (κ1) is 15.6. The largest absolute Gasteiger partial charge is 0.442 e. The molecule has 0 aliphatic carbocycles. The van der Waals surface area contributed by atoms with Crippen LogP contribution in [0.3, 0.4) is 0 Å². The van der Waals surface area contributed by atoms with Crippen molar-refractivity contribution in [3.8, 4) is 17.5 Å². The average molecular weight is 331 g/mol. The Kier molecular flexibility index (Phi) is 4.99. The van der Waals surface area contributed by atoms with E-state index in [1.165, 1.54) is 0 Å². The van der Waals surface area contributed by atoms with Crippen molar-refractivity contribution < 1.29 is 13.9 Å². The summed E-state index contributed by atoms with van der Waals surface area (Å²) in [5, 5.41) is 10.7. The van der Waals surface area contributed by atoms with Gasteiger partial charge in [-0.3, -0.25) is 0 Å². The summed E-state index contributed by atoms with van der Waals surface area (Å²) in [4.78, 5) is 4.49. The minimum Gasteiger partial charge on any atom is -0.442 e. The first-order valence-electron chi connectivity index (χ1n) is 7.34. The molecule has 3 rings (SSSR count). The minimum absolute atomic E-state index is 0.00756. The Labute approximate surface area is 138 Å². The van der Waals surface area contributed by atoms with E-state index in [-0.39, 0.29) is 18.8 Å². The summed E-state index contributed by atoms with van der Waals surface area (Å²) in [7, 11) is 0. The van der Waals surface area contributed by atoms with Crippen LogP contribution in [0.5, 0.6) is 6.08 Å². The molecule has 23 heavy (non-hydrogen) atoms. The van der Waals surface area contributed by atoms with Gasteiger partial charge in [-0.05, 0) is 26.0 Å². The van der Waals surface area contributed by atoms with Crippen molar-refractivity contribution in [2.45, 2.75) is 26.6 Å². The number of nitrogens with zero attached hydrogens (tertiary/aromatic N) is 3. The van der Waals surface area contributed by atoms with Crippen LogP contribution in [0.25, 0.3) is 11.5 Å². The Morgan fingerprint density at radius 3 is 2.83 bits per heavy atom. The molecule has 0 amide bonds. The van der Waals surface area contributed by atoms with Crippen molar-refractivity contribution in [3.63, 3.8) is 0 Å². The van der Waals surface area contributed by atoms with E-state index in [1.807, 2.05) is 49.6 Å². The lowest BCUT2D eigenvalue weighted by Gasteiger charge is -2.06. The molecule has 1 aromatic carbocycles. The molecular weight excluding hydrogens is 314 g/mol. The number of aromatic nitrogens is 3. The van der Waals surface area contributed by atoms with Crippen molar-refractivity contribution in [3.05, 3.63) is 46.4 Å². The van der Waals surface area contributed by atoms with Gasteiger partial charge in [0.1, 0.15) is 17.7 Å². The maximum Gasteiger partial charge on any atom is 0.415 e. The predicted molar refractivity (Wildman–Crippen MR) is 86.2 cm³/mol. The van der Waals surface area contributed by atoms with Gasteiger partial charge in [-0.25, -0.2) is 4.98 Å². The fraction of sp³-hybridized carbons (Fsp3) is 0.312. The quantitative estimate of drug-likeness (QED) is 0.654. The minimum atomic E-state index is -0.00756. The molecule has 0 fully saturated rings. The maximum absolute atomic E-state index is 5.52. The van der Waals surface area contributed by atoms with E-state index in [4.69, 9.17) is 13.9 Å². The SMILES string of the molecule is CCOC(C)c1nc(COc2nnc(-c3ccccc3)o2)cs1. The molecule has 120 valence electrons. The molecule has 1 unspecified atom stereocenters. The lowest BCUT2D eigenvalue weighted by molar-refractivity contribution is 0.0759. The van der Waals surface area contributed by atoms with Crippen LogP contribution in [0.1, 0.15) is 30.7 Å². The van der Waals surface area contributed by atoms with E-state index in [1.54, 1.807) is 11.3 Å². The maximum atomic E-state index is 5.52. The van der Waals surface area contributed by atoms with E-state index in [9.17, 15) is 0 Å². The predicted octanol–water partition coefficient (Wildman–Crippen LogP) is 3.87. The molecule has 0 N–H and O–H groups in total. The molecule has 0 aliphatic rings. The Morgan fingerprint density at radius 1 is 1.22 bits per heavy atom. The van der Waals surface area contributed by atoms with E-state index < -0.39 is 0 Å². The zero-order valence-electron chi connectivity index (χ0n) is 12.9. The van der Waals surface area contributed by atoms with Crippen molar-refractivity contribution in [1.29, 1.82) is 0 Å². The molecule has 0 aliphatic heterocycles. The Morgan fingerprint density at radius 2 is 2.04 bits per heavy atom. The summed E-state index contributed by atoms with van der Waals surface area (Å²) in [5.74, 6) is 0.435. The lowest BCUT2D eigenvalue weighted by Crippen LogP contribution is -2.00. The molecular formula is C16H17N3O3S. The average Bonchev–Trinajstić information content (AvgIpc) is 3.23. The summed E-state index contributed by atoms with van der Waals surface area (Å²) in [5.41, 5.74) is 1.67. The molecule has 1 atom stereocenters. The molecule has 0 bridgehead atoms. The number of hydrogen-bond donors (Lipinski definition) is 0. The summed E-state index contributed by atoms with van der Waals surface area (Å²) in [6, 6.07) is 9.56. The normalized spacial score (nSPS) is 12.3. The standard InChI is InChI=1S/C16H17N3O3S/c1-3-20-11(2)15-17-13(10-23-15)9-21-16-19-18-14(22-16)12-7-5-4-6-8-12/h4-8,10-11H,3,9H2,1-2H3. The van der Waals surface area contributed by atoms with Gasteiger partial charge in [-0.15, -0.1) is 16.4 Å². The fourth-order valence-electron chi connectivity index (χ4n) is 2.00. The third-order valence-electron chi connectivity index (χ3n) is 3.10. The van der Waals surface area contributed by atoms with Crippen LogP contribution in [0, 0.1) is 0 Å². The zero-order valence-corrected chi connectivity index (χ0v) is 13.7. The number of benzene rings is 1. The highest BCUT2D eigenvalue weighted by Gasteiger charge is 2.13. The molecule has 0 radical (unpaired) electrons. The number of thiazole rings is 1. The van der Waals surface area contributed by atoms with Crippen LogP contribution in [0.2, 0.25) is 0 Å². The van der Waals surface area contributed by atoms with Crippen molar-refractivity contribution in [2.75, 3.05) is 6.61 Å². The van der Waals surface area contributed by atoms with E-state index >= 15 is 0 Å². The summed E-state index contributed by atoms with van der Waals surface area (Å²) < 4.78 is 16.5. The molecule has 2 heterocycles. The van der Waals surface area contributed by atoms with E-state index in [0.717, 1.165) is 16.3 Å². The van der Waals surface area contributed by atoms with Gasteiger partial charge in [-0.1, -0.05) is 23.3 Å². The second-order valence-corrected chi connectivity index (χ2v) is 5.69. The van der Waals surface area contributed by atoms with Gasteiger partial charge in [-0.2, -0.15) is 0 Å². The van der Waals surface area contributed by atoms with Crippen LogP contribution >= 0.6 is 11.3 Å². The van der Waals surface area contributed by atoms with Gasteiger partial charge in [0.05, 0.1) is 5.69 Å². The summed E-state index contributed by atoms with van der Waals surface area (Å²) in [6.07, 6.45) is 0.128. The van der Waals surface area contributed by atoms with Crippen molar-refractivity contribution >= 4 is 11.3 Å². The second-order valence-electron chi connectivity index (χ2n) is 4.80. The monoisotopic (exact) mass is 331 g/mol. The van der Waals surface area contributed by atoms with Crippen LogP contribution < -0.4 is 4.74 Å². The number of ether oxygens (including phenoxy) is 2. The third-order valence-corrected chi connectivity index (χ3v) is 4.16. The topological polar surface area (TPSA) is 70.3 Å². The highest BCUT2D eigenvalue weighted by molar-refractivity contribution is 7.09. The highest BCUT2D eigenvalue weighted by atomic mass is 32.1. The zero-order chi connectivity index (χ0) is 16.1. The molecule has 0 saturated carbocycles. The Hall–Kier alpha value is -2.25. The van der Waals surface area contributed by atoms with Gasteiger partial charge < -0.3 is 13.9 Å². The smallest absolute Gasteiger partial charge is 0.415 e. The molecule has 6 nitrogen and oxygen atoms in total. The second kappa shape index (κ2) is 7.34. The summed E-state index contributed by atoms with van der Waals surface area (Å²) >= 11 is 1.55. The number of hydrogen-bond acceptors (Lipinski definition) is 7. The number of rotatable bonds is 7. The van der Waals surface area contributed by atoms with Crippen molar-refractivity contribution in [1.82, 2.24) is 15.2 Å². The first-order valence-corrected chi connectivity index (χ1v) is 8.22. The highest BCUT2D eigenvalue weighted by Crippen LogP contribution is 2.23. The van der Waals surface area contributed by atoms with Gasteiger partial charge in [0.25, 0.3) is 5.89 Å². The molecule has 0 spiro atoms. The lowest BCUT2D eigenvalue weighted by atomic mass is 10.2. The van der Waals surface area contributed by atoms with Crippen molar-refractivity contribution in [2.24, 2.45) is 0 Å². The van der Waals surface area contributed by atoms with Gasteiger partial charge in [0.2, 0.25) is 0 Å². The fourth-order valence-corrected chi connectivity index (χ4v) is 2.81. The van der Waals surface area contributed by atoms with E-state index in [0.29, 0.717) is 12.5 Å². The van der Waals surface area contributed by atoms with Crippen LogP contribution in [0.15, 0.2) is 40.1 Å². The summed E-state index contributed by atoms with van der Waals surface area (Å²) in [6.45, 7) is 4.90. The molecule has 2 aromatic heterocycles. The van der Waals surface area contributed by atoms with Gasteiger partial charge in [0.15, 0.2) is 0 Å². The molecule has 3 aromatic rings. The van der Waals surface area contributed by atoms with Gasteiger partial charge >= 0.3 is 6.08 Å². The third kappa shape index (κ3) is 3.94. The van der Waals surface area contributed by atoms with E-state index in [2.05, 4.69) is 15.2 Å².